The van der Waals surface area contributed by atoms with Crippen molar-refractivity contribution >= 4 is 27.7 Å². The smallest absolute Gasteiger partial charge is 0.257 e. The molecule has 0 aliphatic heterocycles. The Bertz CT molecular complexity index is 584. The maximum absolute atomic E-state index is 12.0. The Hall–Kier alpha value is -1.95. The lowest BCUT2D eigenvalue weighted by atomic mass is 10.1. The van der Waals surface area contributed by atoms with Crippen LogP contribution in [0.1, 0.15) is 15.9 Å². The first kappa shape index (κ1) is 12.5. The Morgan fingerprint density at radius 3 is 2.78 bits per heavy atom. The van der Waals surface area contributed by atoms with Gasteiger partial charge >= 0.3 is 0 Å². The summed E-state index contributed by atoms with van der Waals surface area (Å²) in [7, 11) is 0. The third-order valence-electron chi connectivity index (χ3n) is 2.41. The number of hydrogen-bond donors (Lipinski definition) is 2. The van der Waals surface area contributed by atoms with Gasteiger partial charge < -0.3 is 10.4 Å². The predicted molar refractivity (Wildman–Crippen MR) is 70.5 cm³/mol. The first-order valence-corrected chi connectivity index (χ1v) is 5.94. The van der Waals surface area contributed by atoms with Crippen molar-refractivity contribution in [2.75, 3.05) is 5.32 Å². The van der Waals surface area contributed by atoms with E-state index >= 15 is 0 Å². The van der Waals surface area contributed by atoms with E-state index in [1.54, 1.807) is 19.1 Å². The van der Waals surface area contributed by atoms with Gasteiger partial charge in [-0.05, 0) is 35.0 Å². The number of nitrogens with one attached hydrogen (secondary N) is 1. The average molecular weight is 308 g/mol. The molecule has 5 nitrogen and oxygen atoms in total. The van der Waals surface area contributed by atoms with Crippen LogP contribution in [0.15, 0.2) is 35.2 Å². The molecule has 0 aliphatic rings. The van der Waals surface area contributed by atoms with E-state index in [-0.39, 0.29) is 11.7 Å². The van der Waals surface area contributed by atoms with Crippen LogP contribution in [0.4, 0.5) is 5.82 Å². The molecule has 2 aromatic rings. The van der Waals surface area contributed by atoms with E-state index in [9.17, 15) is 9.90 Å². The molecule has 92 valence electrons. The van der Waals surface area contributed by atoms with Gasteiger partial charge in [-0.25, -0.2) is 9.97 Å². The molecule has 1 amide bonds. The van der Waals surface area contributed by atoms with Gasteiger partial charge in [0.25, 0.3) is 5.91 Å². The molecule has 2 N–H and O–H groups in total. The highest BCUT2D eigenvalue weighted by atomic mass is 79.9. The molecule has 0 radical (unpaired) electrons. The molecule has 18 heavy (non-hydrogen) atoms. The molecular weight excluding hydrogens is 298 g/mol. The zero-order valence-corrected chi connectivity index (χ0v) is 11.1. The molecule has 6 heteroatoms. The summed E-state index contributed by atoms with van der Waals surface area (Å²) in [5, 5.41) is 12.1. The number of halogens is 1. The van der Waals surface area contributed by atoms with Crippen LogP contribution in [0.3, 0.4) is 0 Å². The quantitative estimate of drug-likeness (QED) is 0.894. The van der Waals surface area contributed by atoms with Crippen molar-refractivity contribution in [1.82, 2.24) is 9.97 Å². The summed E-state index contributed by atoms with van der Waals surface area (Å²) >= 11 is 3.16. The molecule has 1 heterocycles. The number of amides is 1. The minimum atomic E-state index is -0.333. The van der Waals surface area contributed by atoms with Crippen LogP contribution < -0.4 is 5.32 Å². The van der Waals surface area contributed by atoms with E-state index in [2.05, 4.69) is 31.2 Å². The van der Waals surface area contributed by atoms with Crippen LogP contribution in [-0.4, -0.2) is 21.0 Å². The monoisotopic (exact) mass is 307 g/mol. The molecule has 1 aromatic heterocycles. The summed E-state index contributed by atoms with van der Waals surface area (Å²) in [6.45, 7) is 1.68. The van der Waals surface area contributed by atoms with E-state index in [4.69, 9.17) is 0 Å². The zero-order valence-electron chi connectivity index (χ0n) is 9.51. The summed E-state index contributed by atoms with van der Waals surface area (Å²) in [6, 6.07) is 4.78. The van der Waals surface area contributed by atoms with Crippen LogP contribution in [-0.2, 0) is 0 Å². The Morgan fingerprint density at radius 2 is 2.11 bits per heavy atom. The largest absolute Gasteiger partial charge is 0.508 e. The van der Waals surface area contributed by atoms with E-state index < -0.39 is 0 Å². The number of hydrogen-bond acceptors (Lipinski definition) is 4. The summed E-state index contributed by atoms with van der Waals surface area (Å²) in [5.41, 5.74) is 0.930. The number of phenols is 1. The van der Waals surface area contributed by atoms with Gasteiger partial charge in [0.1, 0.15) is 10.4 Å². The number of nitrogens with zero attached hydrogens (tertiary/aromatic N) is 2. The maximum atomic E-state index is 12.0. The molecular formula is C12H10BrN3O2. The summed E-state index contributed by atoms with van der Waals surface area (Å²) in [6.07, 6.45) is 2.94. The van der Waals surface area contributed by atoms with Crippen molar-refractivity contribution in [3.63, 3.8) is 0 Å². The fourth-order valence-electron chi connectivity index (χ4n) is 1.43. The van der Waals surface area contributed by atoms with Gasteiger partial charge in [-0.15, -0.1) is 0 Å². The third-order valence-corrected chi connectivity index (χ3v) is 2.82. The molecule has 0 fully saturated rings. The lowest BCUT2D eigenvalue weighted by Gasteiger charge is -2.07. The molecule has 0 unspecified atom stereocenters. The number of phenolic OH excluding ortho intramolecular Hbond substituents is 1. The van der Waals surface area contributed by atoms with Crippen molar-refractivity contribution in [2.45, 2.75) is 6.92 Å². The molecule has 0 saturated heterocycles. The molecule has 0 atom stereocenters. The molecule has 1 aromatic carbocycles. The van der Waals surface area contributed by atoms with E-state index in [0.29, 0.717) is 21.5 Å². The van der Waals surface area contributed by atoms with Gasteiger partial charge in [0.15, 0.2) is 5.82 Å². The van der Waals surface area contributed by atoms with Gasteiger partial charge in [0, 0.05) is 11.1 Å². The topological polar surface area (TPSA) is 75.1 Å². The maximum Gasteiger partial charge on any atom is 0.257 e. The van der Waals surface area contributed by atoms with Gasteiger partial charge in [-0.2, -0.15) is 0 Å². The number of rotatable bonds is 2. The lowest BCUT2D eigenvalue weighted by molar-refractivity contribution is 0.102. The van der Waals surface area contributed by atoms with Crippen LogP contribution in [0, 0.1) is 6.92 Å². The minimum absolute atomic E-state index is 0.0875. The van der Waals surface area contributed by atoms with E-state index in [0.717, 1.165) is 0 Å². The number of carbonyl (C=O) groups excluding carboxylic acids is 1. The molecule has 0 aliphatic carbocycles. The number of anilines is 1. The Morgan fingerprint density at radius 1 is 1.33 bits per heavy atom. The third kappa shape index (κ3) is 2.65. The van der Waals surface area contributed by atoms with Gasteiger partial charge in [0.05, 0.1) is 12.4 Å². The summed E-state index contributed by atoms with van der Waals surface area (Å²) < 4.78 is 0.592. The molecule has 2 rings (SSSR count). The highest BCUT2D eigenvalue weighted by Crippen LogP contribution is 2.20. The molecule has 0 bridgehead atoms. The van der Waals surface area contributed by atoms with Crippen LogP contribution in [0.2, 0.25) is 0 Å². The second-order valence-corrected chi connectivity index (χ2v) is 4.44. The minimum Gasteiger partial charge on any atom is -0.508 e. The van der Waals surface area contributed by atoms with E-state index in [1.807, 2.05) is 0 Å². The first-order chi connectivity index (χ1) is 8.58. The second kappa shape index (κ2) is 5.14. The van der Waals surface area contributed by atoms with Gasteiger partial charge in [0.2, 0.25) is 0 Å². The Balaban J connectivity index is 2.22. The number of aromatic nitrogens is 2. The Kier molecular flexibility index (Phi) is 3.57. The first-order valence-electron chi connectivity index (χ1n) is 5.15. The normalized spacial score (nSPS) is 10.1. The van der Waals surface area contributed by atoms with E-state index in [1.165, 1.54) is 18.5 Å². The summed E-state index contributed by atoms with van der Waals surface area (Å²) in [5.74, 6) is 0.107. The van der Waals surface area contributed by atoms with Crippen molar-refractivity contribution in [2.24, 2.45) is 0 Å². The van der Waals surface area contributed by atoms with Crippen molar-refractivity contribution in [3.8, 4) is 5.75 Å². The number of aromatic hydroxyl groups is 1. The number of benzene rings is 1. The average Bonchev–Trinajstić information content (AvgIpc) is 2.35. The molecule has 0 spiro atoms. The highest BCUT2D eigenvalue weighted by Gasteiger charge is 2.12. The van der Waals surface area contributed by atoms with Crippen LogP contribution in [0.25, 0.3) is 0 Å². The summed E-state index contributed by atoms with van der Waals surface area (Å²) in [4.78, 5) is 19.9. The van der Waals surface area contributed by atoms with Crippen molar-refractivity contribution in [1.29, 1.82) is 0 Å². The Labute approximate surface area is 112 Å². The highest BCUT2D eigenvalue weighted by molar-refractivity contribution is 9.10. The van der Waals surface area contributed by atoms with Crippen molar-refractivity contribution in [3.05, 3.63) is 46.3 Å². The SMILES string of the molecule is Cc1c(O)cccc1C(=O)Nc1cnc(Br)cn1. The standard InChI is InChI=1S/C12H10BrN3O2/c1-7-8(3-2-4-9(7)17)12(18)16-11-6-14-10(13)5-15-11/h2-6,17H,1H3,(H,15,16,18). The number of carbonyl (C=O) groups is 1. The lowest BCUT2D eigenvalue weighted by Crippen LogP contribution is -2.14. The fraction of sp³-hybridized carbons (Fsp3) is 0.0833. The van der Waals surface area contributed by atoms with Gasteiger partial charge in [-0.3, -0.25) is 4.79 Å². The zero-order chi connectivity index (χ0) is 13.1. The van der Waals surface area contributed by atoms with Crippen LogP contribution >= 0.6 is 15.9 Å². The fourth-order valence-corrected chi connectivity index (χ4v) is 1.63. The van der Waals surface area contributed by atoms with Gasteiger partial charge in [-0.1, -0.05) is 6.07 Å². The predicted octanol–water partition coefficient (Wildman–Crippen LogP) is 2.51. The van der Waals surface area contributed by atoms with Crippen molar-refractivity contribution < 1.29 is 9.90 Å². The second-order valence-electron chi connectivity index (χ2n) is 3.63. The van der Waals surface area contributed by atoms with Crippen LogP contribution in [0.5, 0.6) is 5.75 Å². The molecule has 0 saturated carbocycles.